The molecular formula is C22H29N7O2. The summed E-state index contributed by atoms with van der Waals surface area (Å²) in [6.45, 7) is 5.59. The molecule has 1 saturated carbocycles. The minimum Gasteiger partial charge on any atom is -0.444 e. The van der Waals surface area contributed by atoms with Crippen LogP contribution in [0.15, 0.2) is 31.0 Å². The first kappa shape index (κ1) is 21.0. The van der Waals surface area contributed by atoms with Crippen LogP contribution in [0.4, 0.5) is 10.7 Å². The van der Waals surface area contributed by atoms with Gasteiger partial charge in [0.2, 0.25) is 5.95 Å². The lowest BCUT2D eigenvalue weighted by Gasteiger charge is -2.33. The van der Waals surface area contributed by atoms with Gasteiger partial charge in [0, 0.05) is 54.4 Å². The number of hydrogen-bond donors (Lipinski definition) is 2. The Balaban J connectivity index is 1.56. The second-order valence-electron chi connectivity index (χ2n) is 9.01. The molecule has 3 aromatic heterocycles. The lowest BCUT2D eigenvalue weighted by Crippen LogP contribution is -2.50. The highest BCUT2D eigenvalue weighted by Crippen LogP contribution is 2.27. The molecule has 1 aliphatic rings. The van der Waals surface area contributed by atoms with Crippen molar-refractivity contribution < 1.29 is 9.53 Å². The fourth-order valence-corrected chi connectivity index (χ4v) is 3.90. The van der Waals surface area contributed by atoms with Crippen molar-refractivity contribution in [1.82, 2.24) is 30.0 Å². The predicted octanol–water partition coefficient (Wildman–Crippen LogP) is 3.67. The Labute approximate surface area is 181 Å². The van der Waals surface area contributed by atoms with Crippen LogP contribution in [0.3, 0.4) is 0 Å². The molecule has 31 heavy (non-hydrogen) atoms. The summed E-state index contributed by atoms with van der Waals surface area (Å²) in [5, 5.41) is 11.6. The molecule has 1 unspecified atom stereocenters. The number of anilines is 1. The van der Waals surface area contributed by atoms with Crippen LogP contribution in [0.25, 0.3) is 22.0 Å². The van der Waals surface area contributed by atoms with Gasteiger partial charge in [-0.1, -0.05) is 12.8 Å². The normalized spacial score (nSPS) is 19.2. The Hall–Kier alpha value is -3.23. The zero-order chi connectivity index (χ0) is 22.0. The van der Waals surface area contributed by atoms with Crippen molar-refractivity contribution in [3.05, 3.63) is 31.0 Å². The number of amides is 1. The van der Waals surface area contributed by atoms with Gasteiger partial charge in [-0.15, -0.1) is 0 Å². The van der Waals surface area contributed by atoms with Crippen LogP contribution in [0.1, 0.15) is 46.5 Å². The fraction of sp³-hybridized carbons (Fsp3) is 0.500. The van der Waals surface area contributed by atoms with Crippen molar-refractivity contribution in [2.45, 2.75) is 64.1 Å². The maximum absolute atomic E-state index is 12.3. The van der Waals surface area contributed by atoms with Crippen molar-refractivity contribution in [3.8, 4) is 11.1 Å². The molecule has 164 valence electrons. The van der Waals surface area contributed by atoms with Gasteiger partial charge in [0.25, 0.3) is 0 Å². The van der Waals surface area contributed by atoms with Crippen LogP contribution in [-0.2, 0) is 11.8 Å². The first-order valence-corrected chi connectivity index (χ1v) is 10.6. The molecule has 0 radical (unpaired) electrons. The minimum atomic E-state index is -0.528. The Morgan fingerprint density at radius 1 is 1.13 bits per heavy atom. The van der Waals surface area contributed by atoms with Gasteiger partial charge in [0.15, 0.2) is 0 Å². The van der Waals surface area contributed by atoms with E-state index in [0.29, 0.717) is 5.95 Å². The maximum atomic E-state index is 12.3. The van der Waals surface area contributed by atoms with Crippen LogP contribution in [0.2, 0.25) is 0 Å². The number of fused-ring (bicyclic) bond motifs is 1. The highest BCUT2D eigenvalue weighted by atomic mass is 16.6. The van der Waals surface area contributed by atoms with Crippen molar-refractivity contribution in [2.24, 2.45) is 7.05 Å². The van der Waals surface area contributed by atoms with Crippen molar-refractivity contribution in [1.29, 1.82) is 0 Å². The van der Waals surface area contributed by atoms with Gasteiger partial charge in [-0.05, 0) is 33.6 Å². The lowest BCUT2D eigenvalue weighted by molar-refractivity contribution is 0.0488. The molecular weight excluding hydrogens is 394 g/mol. The summed E-state index contributed by atoms with van der Waals surface area (Å²) in [5.41, 5.74) is 2.14. The maximum Gasteiger partial charge on any atom is 0.407 e. The SMILES string of the molecule is Cn1cc(-c2cncc3cnc(N[C@@H]4CCCCC4NC(=O)OC(C)(C)C)nc23)cn1. The molecule has 0 spiro atoms. The van der Waals surface area contributed by atoms with Gasteiger partial charge >= 0.3 is 6.09 Å². The molecule has 2 atom stereocenters. The highest BCUT2D eigenvalue weighted by Gasteiger charge is 2.29. The second kappa shape index (κ2) is 8.49. The number of pyridine rings is 1. The van der Waals surface area contributed by atoms with Gasteiger partial charge in [0.1, 0.15) is 5.60 Å². The summed E-state index contributed by atoms with van der Waals surface area (Å²) >= 11 is 0. The van der Waals surface area contributed by atoms with Crippen molar-refractivity contribution in [2.75, 3.05) is 5.32 Å². The molecule has 9 nitrogen and oxygen atoms in total. The van der Waals surface area contributed by atoms with E-state index in [-0.39, 0.29) is 12.1 Å². The summed E-state index contributed by atoms with van der Waals surface area (Å²) in [6.07, 6.45) is 12.6. The topological polar surface area (TPSA) is 107 Å². The first-order valence-electron chi connectivity index (χ1n) is 10.6. The van der Waals surface area contributed by atoms with E-state index in [2.05, 4.69) is 25.7 Å². The lowest BCUT2D eigenvalue weighted by atomic mass is 9.90. The Morgan fingerprint density at radius 2 is 1.90 bits per heavy atom. The minimum absolute atomic E-state index is 0.0300. The van der Waals surface area contributed by atoms with E-state index in [1.165, 1.54) is 0 Å². The van der Waals surface area contributed by atoms with Gasteiger partial charge in [0.05, 0.1) is 17.8 Å². The fourth-order valence-electron chi connectivity index (χ4n) is 3.90. The van der Waals surface area contributed by atoms with E-state index in [1.807, 2.05) is 34.0 Å². The molecule has 0 saturated heterocycles. The number of carbonyl (C=O) groups is 1. The van der Waals surface area contributed by atoms with Crippen LogP contribution in [-0.4, -0.2) is 48.5 Å². The predicted molar refractivity (Wildman–Crippen MR) is 119 cm³/mol. The van der Waals surface area contributed by atoms with Gasteiger partial charge in [-0.3, -0.25) is 9.67 Å². The molecule has 3 aromatic rings. The number of ether oxygens (including phenoxy) is 1. The highest BCUT2D eigenvalue weighted by molar-refractivity contribution is 5.92. The van der Waals surface area contributed by atoms with E-state index in [4.69, 9.17) is 9.72 Å². The number of aromatic nitrogens is 5. The second-order valence-corrected chi connectivity index (χ2v) is 9.01. The third kappa shape index (κ3) is 5.10. The van der Waals surface area contributed by atoms with E-state index in [9.17, 15) is 4.79 Å². The molecule has 0 bridgehead atoms. The zero-order valence-corrected chi connectivity index (χ0v) is 18.4. The summed E-state index contributed by atoms with van der Waals surface area (Å²) in [4.78, 5) is 25.9. The Bertz CT molecular complexity index is 1070. The number of rotatable bonds is 4. The van der Waals surface area contributed by atoms with Gasteiger partial charge in [-0.2, -0.15) is 5.10 Å². The molecule has 0 aliphatic heterocycles. The van der Waals surface area contributed by atoms with Gasteiger partial charge < -0.3 is 15.4 Å². The summed E-state index contributed by atoms with van der Waals surface area (Å²) in [5.74, 6) is 0.534. The number of nitrogens with zero attached hydrogens (tertiary/aromatic N) is 5. The van der Waals surface area contributed by atoms with E-state index < -0.39 is 11.7 Å². The Kier molecular flexibility index (Phi) is 5.75. The first-order chi connectivity index (χ1) is 14.8. The summed E-state index contributed by atoms with van der Waals surface area (Å²) in [7, 11) is 1.88. The molecule has 9 heteroatoms. The number of alkyl carbamates (subject to hydrolysis) is 1. The summed E-state index contributed by atoms with van der Waals surface area (Å²) in [6, 6.07) is -0.0134. The van der Waals surface area contributed by atoms with Crippen LogP contribution in [0.5, 0.6) is 0 Å². The average molecular weight is 424 g/mol. The number of carbonyl (C=O) groups excluding carboxylic acids is 1. The van der Waals surface area contributed by atoms with Crippen LogP contribution in [0, 0.1) is 0 Å². The zero-order valence-electron chi connectivity index (χ0n) is 18.4. The van der Waals surface area contributed by atoms with Crippen molar-refractivity contribution >= 4 is 22.9 Å². The number of hydrogen-bond acceptors (Lipinski definition) is 7. The van der Waals surface area contributed by atoms with E-state index >= 15 is 0 Å². The van der Waals surface area contributed by atoms with Gasteiger partial charge in [-0.25, -0.2) is 14.8 Å². The summed E-state index contributed by atoms with van der Waals surface area (Å²) < 4.78 is 7.19. The third-order valence-electron chi connectivity index (χ3n) is 5.29. The number of nitrogens with one attached hydrogen (secondary N) is 2. The smallest absolute Gasteiger partial charge is 0.407 e. The number of aryl methyl sites for hydroxylation is 1. The Morgan fingerprint density at radius 3 is 2.61 bits per heavy atom. The molecule has 4 rings (SSSR count). The molecule has 0 aromatic carbocycles. The quantitative estimate of drug-likeness (QED) is 0.659. The molecule has 1 fully saturated rings. The van der Waals surface area contributed by atoms with Crippen molar-refractivity contribution in [3.63, 3.8) is 0 Å². The van der Waals surface area contributed by atoms with E-state index in [0.717, 1.165) is 47.7 Å². The molecule has 3 heterocycles. The largest absolute Gasteiger partial charge is 0.444 e. The molecule has 1 amide bonds. The molecule has 1 aliphatic carbocycles. The van der Waals surface area contributed by atoms with E-state index in [1.54, 1.807) is 29.5 Å². The van der Waals surface area contributed by atoms with Crippen LogP contribution < -0.4 is 10.6 Å². The molecule has 2 N–H and O–H groups in total. The third-order valence-corrected chi connectivity index (χ3v) is 5.29. The average Bonchev–Trinajstić information content (AvgIpc) is 3.13. The van der Waals surface area contributed by atoms with Crippen LogP contribution >= 0.6 is 0 Å². The monoisotopic (exact) mass is 423 g/mol. The standard InChI is InChI=1S/C22H29N7O2/c1-22(2,3)31-21(30)27-18-8-6-5-7-17(18)26-20-24-10-14-9-23-12-16(19(14)28-20)15-11-25-29(4)13-15/h9-13,17-18H,5-8H2,1-4H3,(H,27,30)(H,24,26,28)/t17-,18?/m1/s1.